The number of Topliss-reactive ketones (excluding diaryl/α,β-unsaturated/α-hetero) is 1. The van der Waals surface area contributed by atoms with Crippen molar-refractivity contribution in [2.24, 2.45) is 11.3 Å². The largest absolute Gasteiger partial charge is 0.301 e. The maximum Gasteiger partial charge on any atom is 0.139 e. The number of hydrogen-bond acceptors (Lipinski definition) is 2. The number of carbonyl (C=O) groups excluding carboxylic acids is 1. The first-order valence-corrected chi connectivity index (χ1v) is 7.18. The van der Waals surface area contributed by atoms with Gasteiger partial charge in [0.1, 0.15) is 5.78 Å². The number of piperidine rings is 1. The van der Waals surface area contributed by atoms with Gasteiger partial charge >= 0.3 is 0 Å². The lowest BCUT2D eigenvalue weighted by molar-refractivity contribution is -0.133. The van der Waals surface area contributed by atoms with Crippen molar-refractivity contribution in [1.82, 2.24) is 4.90 Å². The van der Waals surface area contributed by atoms with E-state index in [2.05, 4.69) is 39.5 Å². The van der Waals surface area contributed by atoms with E-state index in [-0.39, 0.29) is 5.41 Å². The predicted octanol–water partition coefficient (Wildman–Crippen LogP) is 3.50. The Balaban J connectivity index is 2.63. The standard InChI is InChI=1S/C15H29NO/c1-6-15(14(17)11-12(2)3)7-9-16(10-8-15)13(4)5/h12-13H,6-11H2,1-5H3. The third-order valence-electron chi connectivity index (χ3n) is 4.35. The molecular formula is C15H29NO. The van der Waals surface area contributed by atoms with Gasteiger partial charge in [0.05, 0.1) is 0 Å². The van der Waals surface area contributed by atoms with Crippen LogP contribution in [0.4, 0.5) is 0 Å². The van der Waals surface area contributed by atoms with Crippen molar-refractivity contribution in [3.8, 4) is 0 Å². The van der Waals surface area contributed by atoms with Crippen LogP contribution in [0.5, 0.6) is 0 Å². The first-order valence-electron chi connectivity index (χ1n) is 7.18. The van der Waals surface area contributed by atoms with Gasteiger partial charge in [0.2, 0.25) is 0 Å². The van der Waals surface area contributed by atoms with Gasteiger partial charge in [-0.1, -0.05) is 20.8 Å². The summed E-state index contributed by atoms with van der Waals surface area (Å²) in [5.74, 6) is 1.01. The molecule has 0 radical (unpaired) electrons. The maximum atomic E-state index is 12.4. The molecule has 1 saturated heterocycles. The summed E-state index contributed by atoms with van der Waals surface area (Å²) in [6.07, 6.45) is 3.90. The summed E-state index contributed by atoms with van der Waals surface area (Å²) < 4.78 is 0. The number of carbonyl (C=O) groups is 1. The Morgan fingerprint density at radius 1 is 1.18 bits per heavy atom. The molecule has 0 aromatic carbocycles. The third kappa shape index (κ3) is 3.54. The van der Waals surface area contributed by atoms with Gasteiger partial charge in [0.25, 0.3) is 0 Å². The van der Waals surface area contributed by atoms with Gasteiger partial charge in [-0.05, 0) is 52.1 Å². The van der Waals surface area contributed by atoms with E-state index in [9.17, 15) is 4.79 Å². The zero-order valence-corrected chi connectivity index (χ0v) is 12.3. The molecule has 17 heavy (non-hydrogen) atoms. The monoisotopic (exact) mass is 239 g/mol. The van der Waals surface area contributed by atoms with Crippen LogP contribution >= 0.6 is 0 Å². The molecule has 0 aromatic rings. The van der Waals surface area contributed by atoms with E-state index in [1.165, 1.54) is 0 Å². The Labute approximate surface area is 107 Å². The predicted molar refractivity (Wildman–Crippen MR) is 73.1 cm³/mol. The van der Waals surface area contributed by atoms with Crippen LogP contribution in [-0.4, -0.2) is 29.8 Å². The first-order chi connectivity index (χ1) is 7.91. The van der Waals surface area contributed by atoms with E-state index in [1.54, 1.807) is 0 Å². The van der Waals surface area contributed by atoms with Gasteiger partial charge in [-0.3, -0.25) is 4.79 Å². The lowest BCUT2D eigenvalue weighted by Gasteiger charge is -2.42. The van der Waals surface area contributed by atoms with Crippen LogP contribution in [-0.2, 0) is 4.79 Å². The molecule has 0 unspecified atom stereocenters. The molecule has 2 nitrogen and oxygen atoms in total. The zero-order valence-electron chi connectivity index (χ0n) is 12.3. The zero-order chi connectivity index (χ0) is 13.1. The molecule has 0 amide bonds. The van der Waals surface area contributed by atoms with Crippen LogP contribution in [0.2, 0.25) is 0 Å². The van der Waals surface area contributed by atoms with Crippen molar-refractivity contribution >= 4 is 5.78 Å². The van der Waals surface area contributed by atoms with E-state index in [1.807, 2.05) is 0 Å². The Hall–Kier alpha value is -0.370. The normalized spacial score (nSPS) is 21.1. The second-order valence-corrected chi connectivity index (χ2v) is 6.28. The smallest absolute Gasteiger partial charge is 0.139 e. The fourth-order valence-corrected chi connectivity index (χ4v) is 2.89. The summed E-state index contributed by atoms with van der Waals surface area (Å²) in [6, 6.07) is 0.616. The maximum absolute atomic E-state index is 12.4. The highest BCUT2D eigenvalue weighted by atomic mass is 16.1. The minimum absolute atomic E-state index is 0.00431. The Morgan fingerprint density at radius 3 is 2.06 bits per heavy atom. The molecule has 100 valence electrons. The second-order valence-electron chi connectivity index (χ2n) is 6.28. The summed E-state index contributed by atoms with van der Waals surface area (Å²) in [4.78, 5) is 14.9. The van der Waals surface area contributed by atoms with Crippen molar-refractivity contribution < 1.29 is 4.79 Å². The van der Waals surface area contributed by atoms with E-state index < -0.39 is 0 Å². The number of nitrogens with zero attached hydrogens (tertiary/aromatic N) is 1. The molecule has 1 aliphatic rings. The fourth-order valence-electron chi connectivity index (χ4n) is 2.89. The van der Waals surface area contributed by atoms with E-state index in [0.29, 0.717) is 17.7 Å². The van der Waals surface area contributed by atoms with Crippen LogP contribution in [0.25, 0.3) is 0 Å². The highest BCUT2D eigenvalue weighted by Gasteiger charge is 2.39. The molecule has 0 N–H and O–H groups in total. The summed E-state index contributed by atoms with van der Waals surface area (Å²) >= 11 is 0. The summed E-state index contributed by atoms with van der Waals surface area (Å²) in [7, 11) is 0. The summed E-state index contributed by atoms with van der Waals surface area (Å²) in [5, 5.41) is 0. The number of ketones is 1. The van der Waals surface area contributed by atoms with Crippen LogP contribution in [0.3, 0.4) is 0 Å². The highest BCUT2D eigenvalue weighted by Crippen LogP contribution is 2.38. The van der Waals surface area contributed by atoms with E-state index in [0.717, 1.165) is 38.8 Å². The topological polar surface area (TPSA) is 20.3 Å². The lowest BCUT2D eigenvalue weighted by Crippen LogP contribution is -2.46. The minimum Gasteiger partial charge on any atom is -0.301 e. The van der Waals surface area contributed by atoms with Gasteiger partial charge < -0.3 is 4.90 Å². The average molecular weight is 239 g/mol. The van der Waals surface area contributed by atoms with Gasteiger partial charge in [-0.25, -0.2) is 0 Å². The lowest BCUT2D eigenvalue weighted by atomic mass is 9.71. The molecule has 0 aromatic heterocycles. The van der Waals surface area contributed by atoms with Crippen molar-refractivity contribution in [3.63, 3.8) is 0 Å². The van der Waals surface area contributed by atoms with Crippen LogP contribution in [0.1, 0.15) is 60.3 Å². The van der Waals surface area contributed by atoms with Crippen LogP contribution < -0.4 is 0 Å². The number of hydrogen-bond donors (Lipinski definition) is 0. The van der Waals surface area contributed by atoms with Gasteiger partial charge in [0.15, 0.2) is 0 Å². The number of likely N-dealkylation sites (tertiary alicyclic amines) is 1. The molecule has 0 spiro atoms. The van der Waals surface area contributed by atoms with Crippen molar-refractivity contribution in [3.05, 3.63) is 0 Å². The molecule has 0 aliphatic carbocycles. The Bertz CT molecular complexity index is 250. The first kappa shape index (κ1) is 14.7. The Morgan fingerprint density at radius 2 is 1.71 bits per heavy atom. The van der Waals surface area contributed by atoms with Crippen molar-refractivity contribution in [1.29, 1.82) is 0 Å². The molecule has 0 saturated carbocycles. The van der Waals surface area contributed by atoms with Crippen LogP contribution in [0.15, 0.2) is 0 Å². The second kappa shape index (κ2) is 5.99. The quantitative estimate of drug-likeness (QED) is 0.732. The number of rotatable bonds is 5. The van der Waals surface area contributed by atoms with E-state index in [4.69, 9.17) is 0 Å². The van der Waals surface area contributed by atoms with Gasteiger partial charge in [0, 0.05) is 17.9 Å². The van der Waals surface area contributed by atoms with E-state index >= 15 is 0 Å². The molecule has 2 heteroatoms. The molecule has 0 bridgehead atoms. The Kier molecular flexibility index (Phi) is 5.18. The van der Waals surface area contributed by atoms with Crippen LogP contribution in [0, 0.1) is 11.3 Å². The third-order valence-corrected chi connectivity index (χ3v) is 4.35. The summed E-state index contributed by atoms with van der Waals surface area (Å²) in [5.41, 5.74) is -0.00431. The average Bonchev–Trinajstić information content (AvgIpc) is 2.28. The van der Waals surface area contributed by atoms with Gasteiger partial charge in [-0.2, -0.15) is 0 Å². The SMILES string of the molecule is CCC1(C(=O)CC(C)C)CCN(C(C)C)CC1. The highest BCUT2D eigenvalue weighted by molar-refractivity contribution is 5.85. The molecular weight excluding hydrogens is 210 g/mol. The van der Waals surface area contributed by atoms with Crippen molar-refractivity contribution in [2.75, 3.05) is 13.1 Å². The molecule has 1 rings (SSSR count). The molecule has 0 atom stereocenters. The van der Waals surface area contributed by atoms with Crippen molar-refractivity contribution in [2.45, 2.75) is 66.3 Å². The molecule has 1 heterocycles. The summed E-state index contributed by atoms with van der Waals surface area (Å²) in [6.45, 7) is 13.1. The molecule has 1 aliphatic heterocycles. The molecule has 1 fully saturated rings. The minimum atomic E-state index is -0.00431. The fraction of sp³-hybridized carbons (Fsp3) is 0.933. The van der Waals surface area contributed by atoms with Gasteiger partial charge in [-0.15, -0.1) is 0 Å².